The summed E-state index contributed by atoms with van der Waals surface area (Å²) in [4.78, 5) is 32.4. The largest absolute Gasteiger partial charge is 0.457 e. The van der Waals surface area contributed by atoms with Crippen LogP contribution in [0.3, 0.4) is 0 Å². The maximum atomic E-state index is 13.4. The molecule has 254 valence electrons. The predicted octanol–water partition coefficient (Wildman–Crippen LogP) is 6.96. The predicted molar refractivity (Wildman–Crippen MR) is 192 cm³/mol. The molecule has 0 spiro atoms. The third-order valence-electron chi connectivity index (χ3n) is 8.22. The van der Waals surface area contributed by atoms with Crippen molar-refractivity contribution in [1.82, 2.24) is 25.0 Å². The number of unbranched alkanes of at least 4 members (excludes halogenated alkanes) is 1. The van der Waals surface area contributed by atoms with Crippen molar-refractivity contribution in [2.45, 2.75) is 33.1 Å². The summed E-state index contributed by atoms with van der Waals surface area (Å²) in [6.45, 7) is 8.62. The number of morpholine rings is 1. The minimum atomic E-state index is -0.387. The number of nitrogens with zero attached hydrogens (tertiary/aromatic N) is 4. The van der Waals surface area contributed by atoms with Crippen molar-refractivity contribution in [3.63, 3.8) is 0 Å². The van der Waals surface area contributed by atoms with Crippen molar-refractivity contribution in [3.05, 3.63) is 96.3 Å². The van der Waals surface area contributed by atoms with Gasteiger partial charge in [-0.2, -0.15) is 5.10 Å². The summed E-state index contributed by atoms with van der Waals surface area (Å²) in [5.74, 6) is 2.05. The van der Waals surface area contributed by atoms with Crippen LogP contribution in [0.1, 0.15) is 31.0 Å². The monoisotopic (exact) mass is 662 g/mol. The number of fused-ring (bicyclic) bond motifs is 1. The number of benzene rings is 3. The topological polar surface area (TPSA) is 135 Å². The van der Waals surface area contributed by atoms with E-state index in [2.05, 4.69) is 38.1 Å². The number of anilines is 3. The number of hydrogen-bond acceptors (Lipinski definition) is 7. The molecular formula is C37H42N8O4. The SMILES string of the molecule is CCCCc1cc(NC(=O)Nc2ccc(Oc3ccnc(NC(=O)NCCN4CCOCC4)c3)c3ccccc23)n(-c2ccc(C)cc2)n1. The maximum Gasteiger partial charge on any atom is 0.324 e. The fourth-order valence-corrected chi connectivity index (χ4v) is 5.60. The fourth-order valence-electron chi connectivity index (χ4n) is 5.60. The molecule has 49 heavy (non-hydrogen) atoms. The third kappa shape index (κ3) is 8.92. The van der Waals surface area contributed by atoms with Gasteiger partial charge in [0.1, 0.15) is 23.1 Å². The standard InChI is InChI=1S/C37H42N8O4/c1-3-4-7-27-24-35(45(43-27)28-12-10-26(2)11-13-28)42-37(47)40-32-14-15-33(31-9-6-5-8-30(31)32)49-29-16-17-38-34(25-29)41-36(46)39-18-19-44-20-22-48-23-21-44/h5-6,8-17,24-25H,3-4,7,18-23H2,1-2H3,(H2,40,42,47)(H2,38,39,41,46). The van der Waals surface area contributed by atoms with Gasteiger partial charge in [-0.3, -0.25) is 15.5 Å². The first-order valence-corrected chi connectivity index (χ1v) is 16.7. The van der Waals surface area contributed by atoms with Gasteiger partial charge in [-0.25, -0.2) is 19.3 Å². The van der Waals surface area contributed by atoms with E-state index in [0.717, 1.165) is 79.8 Å². The van der Waals surface area contributed by atoms with Crippen LogP contribution in [0.4, 0.5) is 26.9 Å². The lowest BCUT2D eigenvalue weighted by Crippen LogP contribution is -2.42. The molecule has 2 aromatic heterocycles. The van der Waals surface area contributed by atoms with Gasteiger partial charge in [-0.15, -0.1) is 0 Å². The number of carbonyl (C=O) groups excluding carboxylic acids is 2. The lowest BCUT2D eigenvalue weighted by molar-refractivity contribution is 0.0388. The lowest BCUT2D eigenvalue weighted by atomic mass is 10.1. The second-order valence-electron chi connectivity index (χ2n) is 11.9. The Bertz CT molecular complexity index is 1890. The van der Waals surface area contributed by atoms with Crippen molar-refractivity contribution >= 4 is 40.2 Å². The molecule has 1 saturated heterocycles. The Morgan fingerprint density at radius 2 is 1.69 bits per heavy atom. The van der Waals surface area contributed by atoms with Gasteiger partial charge < -0.3 is 20.1 Å². The maximum absolute atomic E-state index is 13.4. The molecule has 12 nitrogen and oxygen atoms in total. The van der Waals surface area contributed by atoms with Crippen LogP contribution in [0.25, 0.3) is 16.5 Å². The van der Waals surface area contributed by atoms with Crippen LogP contribution < -0.4 is 26.0 Å². The zero-order chi connectivity index (χ0) is 34.0. The molecule has 12 heteroatoms. The van der Waals surface area contributed by atoms with Gasteiger partial charge in [0.2, 0.25) is 0 Å². The highest BCUT2D eigenvalue weighted by Gasteiger charge is 2.16. The second kappa shape index (κ2) is 16.1. The molecule has 4 amide bonds. The van der Waals surface area contributed by atoms with E-state index in [-0.39, 0.29) is 12.1 Å². The van der Waals surface area contributed by atoms with Gasteiger partial charge in [-0.05, 0) is 50.1 Å². The first-order valence-electron chi connectivity index (χ1n) is 16.7. The molecule has 1 fully saturated rings. The number of nitrogens with one attached hydrogen (secondary N) is 4. The van der Waals surface area contributed by atoms with Crippen molar-refractivity contribution in [2.24, 2.45) is 0 Å². The Labute approximate surface area is 285 Å². The molecule has 0 radical (unpaired) electrons. The Morgan fingerprint density at radius 1 is 0.898 bits per heavy atom. The number of urea groups is 2. The first kappa shape index (κ1) is 33.4. The highest BCUT2D eigenvalue weighted by Crippen LogP contribution is 2.35. The molecule has 0 aliphatic carbocycles. The normalized spacial score (nSPS) is 13.2. The number of aromatic nitrogens is 3. The molecule has 1 aliphatic heterocycles. The lowest BCUT2D eigenvalue weighted by Gasteiger charge is -2.26. The summed E-state index contributed by atoms with van der Waals surface area (Å²) >= 11 is 0. The molecule has 0 saturated carbocycles. The smallest absolute Gasteiger partial charge is 0.324 e. The summed E-state index contributed by atoms with van der Waals surface area (Å²) in [5.41, 5.74) is 3.56. The molecule has 0 bridgehead atoms. The molecule has 4 N–H and O–H groups in total. The molecule has 3 heterocycles. The zero-order valence-corrected chi connectivity index (χ0v) is 27.9. The molecule has 3 aromatic carbocycles. The van der Waals surface area contributed by atoms with Crippen LogP contribution in [0.5, 0.6) is 11.5 Å². The Morgan fingerprint density at radius 3 is 2.49 bits per heavy atom. The van der Waals surface area contributed by atoms with Crippen LogP contribution >= 0.6 is 0 Å². The van der Waals surface area contributed by atoms with Gasteiger partial charge in [0.25, 0.3) is 0 Å². The summed E-state index contributed by atoms with van der Waals surface area (Å²) in [6.07, 6.45) is 4.48. The third-order valence-corrected chi connectivity index (χ3v) is 8.22. The van der Waals surface area contributed by atoms with Crippen molar-refractivity contribution in [2.75, 3.05) is 55.3 Å². The van der Waals surface area contributed by atoms with Crippen LogP contribution in [-0.2, 0) is 11.2 Å². The Kier molecular flexibility index (Phi) is 11.0. The quantitative estimate of drug-likeness (QED) is 0.113. The molecule has 0 unspecified atom stereocenters. The fraction of sp³-hybridized carbons (Fsp3) is 0.297. The van der Waals surface area contributed by atoms with E-state index in [1.165, 1.54) is 0 Å². The zero-order valence-electron chi connectivity index (χ0n) is 27.9. The van der Waals surface area contributed by atoms with Gasteiger partial charge >= 0.3 is 12.1 Å². The highest BCUT2D eigenvalue weighted by atomic mass is 16.5. The van der Waals surface area contributed by atoms with E-state index in [4.69, 9.17) is 14.6 Å². The summed E-state index contributed by atoms with van der Waals surface area (Å²) in [6, 6.07) is 23.9. The van der Waals surface area contributed by atoms with Gasteiger partial charge in [0.15, 0.2) is 0 Å². The molecule has 6 rings (SSSR count). The number of hydrogen-bond donors (Lipinski definition) is 4. The van der Waals surface area contributed by atoms with E-state index >= 15 is 0 Å². The van der Waals surface area contributed by atoms with E-state index < -0.39 is 0 Å². The van der Waals surface area contributed by atoms with Crippen LogP contribution in [0.15, 0.2) is 85.1 Å². The van der Waals surface area contributed by atoms with Crippen LogP contribution in [0.2, 0.25) is 0 Å². The molecule has 1 aliphatic rings. The van der Waals surface area contributed by atoms with Gasteiger partial charge in [0.05, 0.1) is 30.3 Å². The minimum Gasteiger partial charge on any atom is -0.457 e. The van der Waals surface area contributed by atoms with Gasteiger partial charge in [0, 0.05) is 55.3 Å². The summed E-state index contributed by atoms with van der Waals surface area (Å²) < 4.78 is 13.4. The Balaban J connectivity index is 1.12. The number of amides is 4. The number of carbonyl (C=O) groups is 2. The molecule has 5 aromatic rings. The van der Waals surface area contributed by atoms with Crippen LogP contribution in [0, 0.1) is 6.92 Å². The van der Waals surface area contributed by atoms with E-state index in [1.807, 2.05) is 73.7 Å². The average Bonchev–Trinajstić information content (AvgIpc) is 3.51. The first-order chi connectivity index (χ1) is 23.9. The van der Waals surface area contributed by atoms with Crippen molar-refractivity contribution in [3.8, 4) is 17.2 Å². The summed E-state index contributed by atoms with van der Waals surface area (Å²) in [7, 11) is 0. The van der Waals surface area contributed by atoms with E-state index in [0.29, 0.717) is 35.4 Å². The van der Waals surface area contributed by atoms with E-state index in [1.54, 1.807) is 23.0 Å². The second-order valence-corrected chi connectivity index (χ2v) is 11.9. The molecular weight excluding hydrogens is 620 g/mol. The minimum absolute atomic E-state index is 0.337. The van der Waals surface area contributed by atoms with Crippen molar-refractivity contribution < 1.29 is 19.1 Å². The summed E-state index contributed by atoms with van der Waals surface area (Å²) in [5, 5.41) is 18.1. The highest BCUT2D eigenvalue weighted by molar-refractivity contribution is 6.07. The molecule has 0 atom stereocenters. The number of aryl methyl sites for hydroxylation is 2. The number of ether oxygens (including phenoxy) is 2. The van der Waals surface area contributed by atoms with E-state index in [9.17, 15) is 9.59 Å². The Hall–Kier alpha value is -5.46. The number of rotatable bonds is 12. The van der Waals surface area contributed by atoms with Crippen LogP contribution in [-0.4, -0.2) is 71.1 Å². The average molecular weight is 663 g/mol. The number of pyridine rings is 1. The van der Waals surface area contributed by atoms with Gasteiger partial charge in [-0.1, -0.05) is 55.3 Å². The van der Waals surface area contributed by atoms with Crippen molar-refractivity contribution in [1.29, 1.82) is 0 Å².